The molecule has 22 heavy (non-hydrogen) atoms. The maximum Gasteiger partial charge on any atom is 0.472 e. The fourth-order valence-electron chi connectivity index (χ4n) is 2.65. The molecule has 3 fully saturated rings. The van der Waals surface area contributed by atoms with Gasteiger partial charge in [0.15, 0.2) is 6.23 Å². The summed E-state index contributed by atoms with van der Waals surface area (Å²) in [5, 5.41) is 2.15. The highest BCUT2D eigenvalue weighted by Gasteiger charge is 2.61. The van der Waals surface area contributed by atoms with Crippen molar-refractivity contribution in [2.24, 2.45) is 0 Å². The zero-order valence-corrected chi connectivity index (χ0v) is 10.8. The molecule has 124 valence electrons. The lowest BCUT2D eigenvalue weighted by atomic mass is 9.94. The van der Waals surface area contributed by atoms with E-state index < -0.39 is 54.9 Å². The Balaban J connectivity index is 1.58. The summed E-state index contributed by atoms with van der Waals surface area (Å²) in [6.07, 6.45) is -7.70. The van der Waals surface area contributed by atoms with Gasteiger partial charge >= 0.3 is 18.1 Å². The minimum Gasteiger partial charge on any atom is -0.349 e. The molecule has 4 unspecified atom stereocenters. The first-order valence-electron chi connectivity index (χ1n) is 6.33. The van der Waals surface area contributed by atoms with Gasteiger partial charge in [0.05, 0.1) is 6.04 Å². The molecular weight excluding hydrogens is 319 g/mol. The van der Waals surface area contributed by atoms with Crippen molar-refractivity contribution in [3.05, 3.63) is 0 Å². The molecule has 3 rings (SSSR count). The largest absolute Gasteiger partial charge is 0.472 e. The highest BCUT2D eigenvalue weighted by Crippen LogP contribution is 2.41. The number of carbonyl (C=O) groups is 2. The minimum absolute atomic E-state index is 0.196. The fraction of sp³-hybridized carbons (Fsp3) is 0.800. The Bertz CT molecular complexity index is 513. The number of urea groups is 1. The lowest BCUT2D eigenvalue weighted by molar-refractivity contribution is -0.174. The summed E-state index contributed by atoms with van der Waals surface area (Å²) in [7, 11) is 0. The van der Waals surface area contributed by atoms with Crippen LogP contribution in [0.2, 0.25) is 0 Å². The van der Waals surface area contributed by atoms with Gasteiger partial charge in [-0.3, -0.25) is 10.2 Å². The number of nitrogens with zero attached hydrogens (tertiary/aromatic N) is 1. The zero-order valence-electron chi connectivity index (χ0n) is 10.8. The number of piperidine rings is 1. The lowest BCUT2D eigenvalue weighted by Gasteiger charge is -2.34. The molecule has 3 amide bonds. The van der Waals surface area contributed by atoms with E-state index in [-0.39, 0.29) is 6.54 Å². The third-order valence-corrected chi connectivity index (χ3v) is 3.82. The van der Waals surface area contributed by atoms with Crippen molar-refractivity contribution in [3.8, 4) is 0 Å². The van der Waals surface area contributed by atoms with Crippen molar-refractivity contribution in [2.75, 3.05) is 6.54 Å². The number of rotatable bonds is 3. The van der Waals surface area contributed by atoms with Gasteiger partial charge in [0, 0.05) is 13.0 Å². The first-order valence-corrected chi connectivity index (χ1v) is 6.33. The molecule has 12 heteroatoms. The normalized spacial score (nSPS) is 36.0. The van der Waals surface area contributed by atoms with Gasteiger partial charge in [0.1, 0.15) is 12.1 Å². The Morgan fingerprint density at radius 3 is 2.73 bits per heavy atom. The van der Waals surface area contributed by atoms with E-state index in [0.717, 1.165) is 0 Å². The number of nitrogens with one attached hydrogen (secondary N) is 3. The number of fused-ring (bicyclic) bond motifs is 2. The van der Waals surface area contributed by atoms with Crippen LogP contribution < -0.4 is 16.2 Å². The van der Waals surface area contributed by atoms with Gasteiger partial charge in [-0.05, 0) is 0 Å². The molecule has 3 aliphatic rings. The predicted octanol–water partition coefficient (Wildman–Crippen LogP) is -0.304. The SMILES string of the molecule is O=C1NC2CN1C(C1OC1NNC(=O)C(F)(F)F)CC2(F)F. The predicted molar refractivity (Wildman–Crippen MR) is 58.4 cm³/mol. The molecule has 0 aromatic rings. The number of alkyl halides is 5. The first-order chi connectivity index (χ1) is 10.1. The molecule has 3 aliphatic heterocycles. The minimum atomic E-state index is -5.07. The highest BCUT2D eigenvalue weighted by atomic mass is 19.4. The summed E-state index contributed by atoms with van der Waals surface area (Å²) < 4.78 is 68.5. The van der Waals surface area contributed by atoms with Crippen LogP contribution in [0.3, 0.4) is 0 Å². The monoisotopic (exact) mass is 330 g/mol. The summed E-state index contributed by atoms with van der Waals surface area (Å²) in [5.41, 5.74) is 3.35. The number of hydrazine groups is 1. The maximum absolute atomic E-state index is 13.8. The molecule has 3 N–H and O–H groups in total. The van der Waals surface area contributed by atoms with Gasteiger partial charge in [0.2, 0.25) is 0 Å². The van der Waals surface area contributed by atoms with Gasteiger partial charge in [-0.2, -0.15) is 13.2 Å². The average Bonchev–Trinajstić information content (AvgIpc) is 3.07. The number of ether oxygens (including phenoxy) is 1. The van der Waals surface area contributed by atoms with E-state index >= 15 is 0 Å². The van der Waals surface area contributed by atoms with Crippen molar-refractivity contribution in [1.29, 1.82) is 0 Å². The second kappa shape index (κ2) is 4.65. The van der Waals surface area contributed by atoms with Gasteiger partial charge in [-0.25, -0.2) is 19.0 Å². The number of carbonyl (C=O) groups excluding carboxylic acids is 2. The molecule has 3 saturated heterocycles. The van der Waals surface area contributed by atoms with E-state index in [4.69, 9.17) is 4.74 Å². The molecule has 2 bridgehead atoms. The second-order valence-corrected chi connectivity index (χ2v) is 5.30. The molecule has 0 aliphatic carbocycles. The van der Waals surface area contributed by atoms with Crippen molar-refractivity contribution in [1.82, 2.24) is 21.1 Å². The third kappa shape index (κ3) is 2.56. The fourth-order valence-corrected chi connectivity index (χ4v) is 2.65. The summed E-state index contributed by atoms with van der Waals surface area (Å²) in [6.45, 7) is -0.196. The molecular formula is C10H11F5N4O3. The van der Waals surface area contributed by atoms with Crippen LogP contribution in [-0.4, -0.2) is 59.9 Å². The van der Waals surface area contributed by atoms with Crippen LogP contribution in [0.5, 0.6) is 0 Å². The van der Waals surface area contributed by atoms with Crippen LogP contribution >= 0.6 is 0 Å². The van der Waals surface area contributed by atoms with E-state index in [1.807, 2.05) is 5.43 Å². The molecule has 0 aromatic heterocycles. The number of halogens is 5. The lowest BCUT2D eigenvalue weighted by Crippen LogP contribution is -2.54. The van der Waals surface area contributed by atoms with E-state index in [1.165, 1.54) is 10.3 Å². The molecule has 4 atom stereocenters. The van der Waals surface area contributed by atoms with Crippen molar-refractivity contribution in [2.45, 2.75) is 42.9 Å². The standard InChI is InChI=1S/C10H11F5N4O3/c11-9(12)1-3(19-2-4(9)16-8(19)21)5-6(22-5)17-18-7(20)10(13,14)15/h3-6,17H,1-2H2,(H,16,21)(H,18,20). The smallest absolute Gasteiger partial charge is 0.349 e. The summed E-state index contributed by atoms with van der Waals surface area (Å²) in [4.78, 5) is 23.4. The summed E-state index contributed by atoms with van der Waals surface area (Å²) in [5.74, 6) is -5.35. The molecule has 3 heterocycles. The van der Waals surface area contributed by atoms with E-state index in [1.54, 1.807) is 0 Å². The van der Waals surface area contributed by atoms with Crippen LogP contribution in [-0.2, 0) is 9.53 Å². The average molecular weight is 330 g/mol. The van der Waals surface area contributed by atoms with Crippen LogP contribution in [0.4, 0.5) is 26.7 Å². The van der Waals surface area contributed by atoms with Crippen molar-refractivity contribution >= 4 is 11.9 Å². The van der Waals surface area contributed by atoms with Crippen LogP contribution in [0.25, 0.3) is 0 Å². The third-order valence-electron chi connectivity index (χ3n) is 3.82. The number of hydrogen-bond acceptors (Lipinski definition) is 4. The van der Waals surface area contributed by atoms with Crippen molar-refractivity contribution in [3.63, 3.8) is 0 Å². The van der Waals surface area contributed by atoms with Crippen LogP contribution in [0.1, 0.15) is 6.42 Å². The molecule has 7 nitrogen and oxygen atoms in total. The van der Waals surface area contributed by atoms with Gasteiger partial charge in [-0.15, -0.1) is 0 Å². The molecule has 0 saturated carbocycles. The van der Waals surface area contributed by atoms with Gasteiger partial charge in [-0.1, -0.05) is 0 Å². The van der Waals surface area contributed by atoms with E-state index in [2.05, 4.69) is 5.32 Å². The highest BCUT2D eigenvalue weighted by molar-refractivity contribution is 5.81. The Morgan fingerprint density at radius 2 is 2.09 bits per heavy atom. The second-order valence-electron chi connectivity index (χ2n) is 5.30. The summed E-state index contributed by atoms with van der Waals surface area (Å²) in [6, 6.07) is -2.92. The van der Waals surface area contributed by atoms with Crippen LogP contribution in [0, 0.1) is 0 Å². The van der Waals surface area contributed by atoms with Gasteiger partial charge < -0.3 is 15.0 Å². The quantitative estimate of drug-likeness (QED) is 0.377. The number of hydrogen-bond donors (Lipinski definition) is 3. The number of amides is 3. The molecule has 0 radical (unpaired) electrons. The summed E-state index contributed by atoms with van der Waals surface area (Å²) >= 11 is 0. The zero-order chi connectivity index (χ0) is 16.3. The van der Waals surface area contributed by atoms with Gasteiger partial charge in [0.25, 0.3) is 5.92 Å². The maximum atomic E-state index is 13.8. The Labute approximate surface area is 120 Å². The number of epoxide rings is 1. The van der Waals surface area contributed by atoms with Crippen molar-refractivity contribution < 1.29 is 36.3 Å². The Kier molecular flexibility index (Phi) is 3.22. The molecule has 0 aromatic carbocycles. The molecule has 0 spiro atoms. The van der Waals surface area contributed by atoms with E-state index in [0.29, 0.717) is 0 Å². The van der Waals surface area contributed by atoms with E-state index in [9.17, 15) is 31.5 Å². The Hall–Kier alpha value is -1.69. The van der Waals surface area contributed by atoms with Crippen LogP contribution in [0.15, 0.2) is 0 Å². The topological polar surface area (TPSA) is 86.0 Å². The first kappa shape index (κ1) is 15.2. The Morgan fingerprint density at radius 1 is 1.41 bits per heavy atom.